The molecule has 0 saturated heterocycles. The van der Waals surface area contributed by atoms with Crippen molar-refractivity contribution < 1.29 is 9.47 Å². The van der Waals surface area contributed by atoms with Gasteiger partial charge in [0.1, 0.15) is 6.10 Å². The summed E-state index contributed by atoms with van der Waals surface area (Å²) in [6.07, 6.45) is 3.98. The Bertz CT molecular complexity index is 517. The van der Waals surface area contributed by atoms with Crippen molar-refractivity contribution >= 4 is 5.96 Å². The maximum absolute atomic E-state index is 5.95. The highest BCUT2D eigenvalue weighted by molar-refractivity contribution is 5.79. The Morgan fingerprint density at radius 1 is 1.38 bits per heavy atom. The van der Waals surface area contributed by atoms with Gasteiger partial charge in [-0.25, -0.2) is 4.99 Å². The number of nitrogens with zero attached hydrogens (tertiary/aromatic N) is 2. The van der Waals surface area contributed by atoms with Crippen molar-refractivity contribution in [1.82, 2.24) is 10.2 Å². The molecule has 0 aliphatic rings. The highest BCUT2D eigenvalue weighted by Crippen LogP contribution is 2.26. The first-order valence-electron chi connectivity index (χ1n) is 8.52. The van der Waals surface area contributed by atoms with Crippen LogP contribution >= 0.6 is 0 Å². The minimum absolute atomic E-state index is 0.0449. The van der Waals surface area contributed by atoms with E-state index in [1.165, 1.54) is 0 Å². The number of nitrogens with one attached hydrogen (secondary N) is 1. The van der Waals surface area contributed by atoms with Gasteiger partial charge in [0.05, 0.1) is 13.7 Å². The average molecular weight is 333 g/mol. The fraction of sp³-hybridized carbons (Fsp3) is 0.526. The number of rotatable bonds is 10. The predicted octanol–water partition coefficient (Wildman–Crippen LogP) is 3.33. The van der Waals surface area contributed by atoms with Gasteiger partial charge in [-0.2, -0.15) is 0 Å². The molecule has 0 spiro atoms. The van der Waals surface area contributed by atoms with Gasteiger partial charge in [0.2, 0.25) is 0 Å². The third kappa shape index (κ3) is 6.94. The molecule has 0 saturated carbocycles. The second-order valence-electron chi connectivity index (χ2n) is 5.63. The van der Waals surface area contributed by atoms with Crippen molar-refractivity contribution in [2.75, 3.05) is 33.8 Å². The standard InChI is InChI=1S/C19H31N3O2/c1-6-8-11-14-22(4)19(20-7-2)21-15-16(3)24-18-13-10-9-12-17(18)23-5/h6,9-10,12-13,16H,1,7-8,11,14-15H2,2-5H3,(H,20,21). The first-order chi connectivity index (χ1) is 11.6. The summed E-state index contributed by atoms with van der Waals surface area (Å²) in [6, 6.07) is 7.66. The summed E-state index contributed by atoms with van der Waals surface area (Å²) in [5.74, 6) is 2.38. The van der Waals surface area contributed by atoms with Crippen LogP contribution in [0.2, 0.25) is 0 Å². The minimum atomic E-state index is -0.0449. The van der Waals surface area contributed by atoms with E-state index in [-0.39, 0.29) is 6.10 Å². The fourth-order valence-electron chi connectivity index (χ4n) is 2.23. The predicted molar refractivity (Wildman–Crippen MR) is 101 cm³/mol. The number of guanidine groups is 1. The average Bonchev–Trinajstić information content (AvgIpc) is 2.59. The zero-order valence-corrected chi connectivity index (χ0v) is 15.4. The number of allylic oxidation sites excluding steroid dienone is 1. The number of ether oxygens (including phenoxy) is 2. The Morgan fingerprint density at radius 3 is 2.71 bits per heavy atom. The largest absolute Gasteiger partial charge is 0.493 e. The lowest BCUT2D eigenvalue weighted by molar-refractivity contribution is 0.219. The lowest BCUT2D eigenvalue weighted by atomic mass is 10.3. The molecule has 0 amide bonds. The molecule has 0 heterocycles. The number of benzene rings is 1. The Balaban J connectivity index is 2.62. The lowest BCUT2D eigenvalue weighted by Crippen LogP contribution is -2.40. The number of para-hydroxylation sites is 2. The van der Waals surface area contributed by atoms with Crippen LogP contribution in [0.25, 0.3) is 0 Å². The molecule has 24 heavy (non-hydrogen) atoms. The highest BCUT2D eigenvalue weighted by atomic mass is 16.5. The smallest absolute Gasteiger partial charge is 0.193 e. The third-order valence-electron chi connectivity index (χ3n) is 3.49. The summed E-state index contributed by atoms with van der Waals surface area (Å²) < 4.78 is 11.3. The monoisotopic (exact) mass is 333 g/mol. The molecule has 5 nitrogen and oxygen atoms in total. The topological polar surface area (TPSA) is 46.1 Å². The van der Waals surface area contributed by atoms with Crippen molar-refractivity contribution in [3.05, 3.63) is 36.9 Å². The van der Waals surface area contributed by atoms with Crippen LogP contribution in [0.5, 0.6) is 11.5 Å². The SMILES string of the molecule is C=CCCCN(C)C(=NCC(C)Oc1ccccc1OC)NCC. The number of unbranched alkanes of at least 4 members (excludes halogenated alkanes) is 1. The normalized spacial score (nSPS) is 12.4. The number of hydrogen-bond donors (Lipinski definition) is 1. The molecule has 0 bridgehead atoms. The van der Waals surface area contributed by atoms with E-state index in [4.69, 9.17) is 9.47 Å². The molecule has 1 N–H and O–H groups in total. The van der Waals surface area contributed by atoms with Gasteiger partial charge in [-0.05, 0) is 38.8 Å². The van der Waals surface area contributed by atoms with Crippen LogP contribution in [0.15, 0.2) is 41.9 Å². The molecule has 0 radical (unpaired) electrons. The van der Waals surface area contributed by atoms with Gasteiger partial charge in [0, 0.05) is 20.1 Å². The maximum atomic E-state index is 5.95. The van der Waals surface area contributed by atoms with Gasteiger partial charge in [0.15, 0.2) is 17.5 Å². The van der Waals surface area contributed by atoms with Crippen LogP contribution in [0.4, 0.5) is 0 Å². The van der Waals surface area contributed by atoms with Crippen LogP contribution in [0.3, 0.4) is 0 Å². The molecular weight excluding hydrogens is 302 g/mol. The van der Waals surface area contributed by atoms with Crippen molar-refractivity contribution in [3.63, 3.8) is 0 Å². The first kappa shape index (κ1) is 19.9. The Hall–Kier alpha value is -2.17. The van der Waals surface area contributed by atoms with E-state index in [0.29, 0.717) is 6.54 Å². The zero-order valence-electron chi connectivity index (χ0n) is 15.4. The van der Waals surface area contributed by atoms with Gasteiger partial charge in [-0.1, -0.05) is 18.2 Å². The van der Waals surface area contributed by atoms with Crippen LogP contribution in [0, 0.1) is 0 Å². The molecule has 134 valence electrons. The van der Waals surface area contributed by atoms with Crippen molar-refractivity contribution in [1.29, 1.82) is 0 Å². The van der Waals surface area contributed by atoms with E-state index in [1.807, 2.05) is 37.3 Å². The van der Waals surface area contributed by atoms with Crippen LogP contribution in [0.1, 0.15) is 26.7 Å². The van der Waals surface area contributed by atoms with Gasteiger partial charge in [0.25, 0.3) is 0 Å². The molecule has 1 unspecified atom stereocenters. The quantitative estimate of drug-likeness (QED) is 0.309. The second-order valence-corrected chi connectivity index (χ2v) is 5.63. The number of aliphatic imine (C=N–C) groups is 1. The molecule has 0 aromatic heterocycles. The molecule has 0 fully saturated rings. The van der Waals surface area contributed by atoms with E-state index >= 15 is 0 Å². The number of hydrogen-bond acceptors (Lipinski definition) is 3. The summed E-state index contributed by atoms with van der Waals surface area (Å²) in [5, 5.41) is 3.32. The summed E-state index contributed by atoms with van der Waals surface area (Å²) >= 11 is 0. The molecule has 1 aromatic rings. The number of methoxy groups -OCH3 is 1. The molecule has 1 aromatic carbocycles. The first-order valence-corrected chi connectivity index (χ1v) is 8.52. The summed E-state index contributed by atoms with van der Waals surface area (Å²) in [6.45, 7) is 10.2. The van der Waals surface area contributed by atoms with Gasteiger partial charge in [-0.15, -0.1) is 6.58 Å². The zero-order chi connectivity index (χ0) is 17.8. The van der Waals surface area contributed by atoms with Crippen LogP contribution in [-0.2, 0) is 0 Å². The van der Waals surface area contributed by atoms with Crippen molar-refractivity contribution in [3.8, 4) is 11.5 Å². The summed E-state index contributed by atoms with van der Waals surface area (Å²) in [5.41, 5.74) is 0. The molecule has 1 rings (SSSR count). The highest BCUT2D eigenvalue weighted by Gasteiger charge is 2.10. The third-order valence-corrected chi connectivity index (χ3v) is 3.49. The molecule has 5 heteroatoms. The fourth-order valence-corrected chi connectivity index (χ4v) is 2.23. The molecule has 0 aliphatic carbocycles. The molecule has 1 atom stereocenters. The molecule has 0 aliphatic heterocycles. The van der Waals surface area contributed by atoms with Crippen molar-refractivity contribution in [2.45, 2.75) is 32.8 Å². The molecular formula is C19H31N3O2. The lowest BCUT2D eigenvalue weighted by Gasteiger charge is -2.22. The van der Waals surface area contributed by atoms with E-state index in [2.05, 4.69) is 35.8 Å². The van der Waals surface area contributed by atoms with Gasteiger partial charge >= 0.3 is 0 Å². The van der Waals surface area contributed by atoms with Crippen LogP contribution < -0.4 is 14.8 Å². The maximum Gasteiger partial charge on any atom is 0.193 e. The van der Waals surface area contributed by atoms with E-state index in [1.54, 1.807) is 7.11 Å². The Labute approximate surface area is 146 Å². The van der Waals surface area contributed by atoms with E-state index in [0.717, 1.165) is 43.4 Å². The summed E-state index contributed by atoms with van der Waals surface area (Å²) in [4.78, 5) is 6.83. The Kier molecular flexibility index (Phi) is 9.42. The second kappa shape index (κ2) is 11.4. The van der Waals surface area contributed by atoms with Crippen LogP contribution in [-0.4, -0.2) is 50.8 Å². The van der Waals surface area contributed by atoms with Crippen molar-refractivity contribution in [2.24, 2.45) is 4.99 Å². The van der Waals surface area contributed by atoms with Gasteiger partial charge in [-0.3, -0.25) is 0 Å². The Morgan fingerprint density at radius 2 is 2.08 bits per heavy atom. The summed E-state index contributed by atoms with van der Waals surface area (Å²) in [7, 11) is 3.70. The van der Waals surface area contributed by atoms with E-state index < -0.39 is 0 Å². The minimum Gasteiger partial charge on any atom is -0.493 e. The van der Waals surface area contributed by atoms with Gasteiger partial charge < -0.3 is 19.7 Å². The van der Waals surface area contributed by atoms with E-state index in [9.17, 15) is 0 Å².